The van der Waals surface area contributed by atoms with Crippen molar-refractivity contribution in [3.8, 4) is 0 Å². The summed E-state index contributed by atoms with van der Waals surface area (Å²) < 4.78 is 5.55. The van der Waals surface area contributed by atoms with Gasteiger partial charge in [-0.2, -0.15) is 0 Å². The lowest BCUT2D eigenvalue weighted by Gasteiger charge is -2.67. The fourth-order valence-corrected chi connectivity index (χ4v) is 4.77. The van der Waals surface area contributed by atoms with Crippen LogP contribution in [0.5, 0.6) is 0 Å². The molecule has 2 aromatic heterocycles. The third-order valence-corrected chi connectivity index (χ3v) is 7.30. The first kappa shape index (κ1) is 26.5. The van der Waals surface area contributed by atoms with Gasteiger partial charge in [-0.25, -0.2) is 4.63 Å². The Morgan fingerprint density at radius 3 is 2.55 bits per heavy atom. The molecular weight excluding hydrogens is 500 g/mol. The molecule has 0 aromatic carbocycles. The van der Waals surface area contributed by atoms with Gasteiger partial charge in [-0.15, -0.1) is 0 Å². The zero-order chi connectivity index (χ0) is 27.6. The molecule has 2 atom stereocenters. The van der Waals surface area contributed by atoms with Crippen LogP contribution in [-0.4, -0.2) is 62.9 Å². The second-order valence-corrected chi connectivity index (χ2v) is 9.57. The van der Waals surface area contributed by atoms with Gasteiger partial charge in [0, 0.05) is 25.2 Å². The number of nitrogens with zero attached hydrogens (tertiary/aromatic N) is 3. The van der Waals surface area contributed by atoms with Crippen molar-refractivity contribution in [2.45, 2.75) is 50.7 Å². The van der Waals surface area contributed by atoms with E-state index in [9.17, 15) is 28.8 Å². The molecule has 2 aromatic rings. The van der Waals surface area contributed by atoms with Crippen LogP contribution in [0.3, 0.4) is 0 Å². The normalized spacial score (nSPS) is 21.7. The van der Waals surface area contributed by atoms with Gasteiger partial charge in [-0.05, 0) is 53.5 Å². The summed E-state index contributed by atoms with van der Waals surface area (Å²) in [5.41, 5.74) is 4.17. The maximum Gasteiger partial charge on any atom is 0.287 e. The van der Waals surface area contributed by atoms with E-state index in [4.69, 9.17) is 5.73 Å². The van der Waals surface area contributed by atoms with Crippen molar-refractivity contribution in [3.63, 3.8) is 0 Å². The molecule has 2 bridgehead atoms. The van der Waals surface area contributed by atoms with Crippen LogP contribution >= 0.6 is 0 Å². The number of hydrogen-bond acceptors (Lipinski definition) is 10. The number of Topliss-reactive ketones (excluding diaryl/α,β-unsaturated/α-hetero) is 1. The van der Waals surface area contributed by atoms with Gasteiger partial charge in [0.25, 0.3) is 17.4 Å². The van der Waals surface area contributed by atoms with Gasteiger partial charge in [0.1, 0.15) is 18.3 Å². The Labute approximate surface area is 215 Å². The summed E-state index contributed by atoms with van der Waals surface area (Å²) >= 11 is 0. The summed E-state index contributed by atoms with van der Waals surface area (Å²) in [4.78, 5) is 74.7. The number of aromatic nitrogens is 3. The Balaban J connectivity index is 1.45. The number of likely N-dealkylation sites (N-methyl/N-ethyl adjacent to an activating group) is 1. The molecule has 0 radical (unpaired) electrons. The predicted molar refractivity (Wildman–Crippen MR) is 130 cm³/mol. The molecule has 3 fully saturated rings. The summed E-state index contributed by atoms with van der Waals surface area (Å²) in [5.74, 6) is -3.00. The van der Waals surface area contributed by atoms with Crippen molar-refractivity contribution in [2.75, 3.05) is 18.1 Å². The number of carbonyl (C=O) groups is 5. The number of nitrogen functional groups attached to an aromatic ring is 1. The average molecular weight is 529 g/mol. The standard InChI is InChI=1S/C23H28N8O7/c1-11-12-8-23(11,9-12)28-16(33)10-31-7-3-4-14(22(31)37)27-19(34)13(5-6-15(32)20(35)25-2)26-21(36)17-18(24)30-38-29-17/h3-4,7,11-13H,5-6,8-10H2,1-2H3,(H2,24,30)(H,25,35)(H,26,36)(H,27,34)(H,28,33)/t11-,12?,13-,23?/m0/s1. The molecule has 3 aliphatic rings. The minimum atomic E-state index is -1.37. The fourth-order valence-electron chi connectivity index (χ4n) is 4.77. The topological polar surface area (TPSA) is 220 Å². The maximum atomic E-state index is 13.1. The van der Waals surface area contributed by atoms with Gasteiger partial charge in [0.05, 0.1) is 0 Å². The zero-order valence-electron chi connectivity index (χ0n) is 20.8. The number of rotatable bonds is 11. The van der Waals surface area contributed by atoms with E-state index >= 15 is 0 Å². The third-order valence-electron chi connectivity index (χ3n) is 7.30. The number of nitrogens with one attached hydrogen (secondary N) is 4. The smallest absolute Gasteiger partial charge is 0.287 e. The van der Waals surface area contributed by atoms with Crippen LogP contribution in [0.2, 0.25) is 0 Å². The van der Waals surface area contributed by atoms with Gasteiger partial charge in [0.2, 0.25) is 29.1 Å². The lowest BCUT2D eigenvalue weighted by Crippen LogP contribution is -2.74. The zero-order valence-corrected chi connectivity index (χ0v) is 20.8. The molecule has 15 nitrogen and oxygen atoms in total. The number of pyridine rings is 1. The van der Waals surface area contributed by atoms with Crippen molar-refractivity contribution in [1.82, 2.24) is 30.8 Å². The molecule has 5 rings (SSSR count). The van der Waals surface area contributed by atoms with E-state index in [-0.39, 0.29) is 48.0 Å². The number of nitrogens with two attached hydrogens (primary N) is 1. The van der Waals surface area contributed by atoms with Crippen LogP contribution < -0.4 is 32.6 Å². The summed E-state index contributed by atoms with van der Waals surface area (Å²) in [6.45, 7) is 1.85. The molecule has 4 amide bonds. The highest BCUT2D eigenvalue weighted by molar-refractivity contribution is 6.36. The maximum absolute atomic E-state index is 13.1. The van der Waals surface area contributed by atoms with E-state index in [1.165, 1.54) is 25.4 Å². The number of anilines is 2. The lowest BCUT2D eigenvalue weighted by molar-refractivity contribution is -0.151. The first-order valence-corrected chi connectivity index (χ1v) is 12.0. The highest BCUT2D eigenvalue weighted by atomic mass is 16.6. The predicted octanol–water partition coefficient (Wildman–Crippen LogP) is -1.44. The second kappa shape index (κ2) is 10.4. The summed E-state index contributed by atoms with van der Waals surface area (Å²) in [6.07, 6.45) is 2.64. The van der Waals surface area contributed by atoms with Crippen LogP contribution in [0, 0.1) is 11.8 Å². The van der Waals surface area contributed by atoms with Crippen molar-refractivity contribution >= 4 is 40.9 Å². The molecule has 0 aliphatic heterocycles. The van der Waals surface area contributed by atoms with Crippen LogP contribution in [0.25, 0.3) is 0 Å². The number of ketones is 1. The quantitative estimate of drug-likeness (QED) is 0.214. The SMILES string of the molecule is CNC(=O)C(=O)CC[C@H](NC(=O)c1nonc1N)C(=O)Nc1cccn(CC(=O)NC23CC(C2)[C@@H]3C)c1=O. The summed E-state index contributed by atoms with van der Waals surface area (Å²) in [5, 5.41) is 16.6. The van der Waals surface area contributed by atoms with E-state index in [1.54, 1.807) is 0 Å². The van der Waals surface area contributed by atoms with E-state index < -0.39 is 35.1 Å². The molecule has 6 N–H and O–H groups in total. The molecule has 38 heavy (non-hydrogen) atoms. The van der Waals surface area contributed by atoms with Crippen LogP contribution in [-0.2, 0) is 25.7 Å². The lowest BCUT2D eigenvalue weighted by atomic mass is 9.43. The highest BCUT2D eigenvalue weighted by Gasteiger charge is 2.63. The molecule has 0 saturated heterocycles. The monoisotopic (exact) mass is 528 g/mol. The molecule has 2 heterocycles. The van der Waals surface area contributed by atoms with E-state index in [2.05, 4.69) is 43.1 Å². The minimum Gasteiger partial charge on any atom is -0.379 e. The van der Waals surface area contributed by atoms with Gasteiger partial charge in [0.15, 0.2) is 0 Å². The first-order chi connectivity index (χ1) is 18.0. The number of carbonyl (C=O) groups excluding carboxylic acids is 5. The second-order valence-electron chi connectivity index (χ2n) is 9.57. The van der Waals surface area contributed by atoms with E-state index in [0.29, 0.717) is 11.8 Å². The van der Waals surface area contributed by atoms with E-state index in [1.807, 2.05) is 0 Å². The average Bonchev–Trinajstić information content (AvgIpc) is 3.31. The Kier molecular flexibility index (Phi) is 7.28. The van der Waals surface area contributed by atoms with Gasteiger partial charge in [-0.3, -0.25) is 28.8 Å². The van der Waals surface area contributed by atoms with Gasteiger partial charge in [-0.1, -0.05) is 6.92 Å². The van der Waals surface area contributed by atoms with Crippen LogP contribution in [0.1, 0.15) is 43.1 Å². The van der Waals surface area contributed by atoms with Crippen molar-refractivity contribution in [3.05, 3.63) is 34.4 Å². The van der Waals surface area contributed by atoms with Crippen molar-refractivity contribution < 1.29 is 28.6 Å². The molecule has 15 heteroatoms. The fraction of sp³-hybridized carbons (Fsp3) is 0.478. The van der Waals surface area contributed by atoms with Crippen molar-refractivity contribution in [2.24, 2.45) is 11.8 Å². The summed E-state index contributed by atoms with van der Waals surface area (Å²) in [7, 11) is 1.28. The Morgan fingerprint density at radius 1 is 1.24 bits per heavy atom. The van der Waals surface area contributed by atoms with E-state index in [0.717, 1.165) is 17.4 Å². The Bertz CT molecular complexity index is 1340. The van der Waals surface area contributed by atoms with Crippen LogP contribution in [0.4, 0.5) is 11.5 Å². The van der Waals surface area contributed by atoms with Gasteiger partial charge < -0.3 is 31.6 Å². The highest BCUT2D eigenvalue weighted by Crippen LogP contribution is 2.61. The molecular formula is C23H28N8O7. The third kappa shape index (κ3) is 5.12. The largest absolute Gasteiger partial charge is 0.379 e. The number of hydrogen-bond donors (Lipinski definition) is 5. The Hall–Kier alpha value is -4.56. The molecule has 0 spiro atoms. The Morgan fingerprint density at radius 2 is 1.97 bits per heavy atom. The summed E-state index contributed by atoms with van der Waals surface area (Å²) in [6, 6.07) is 1.46. The molecule has 202 valence electrons. The molecule has 0 unspecified atom stereocenters. The van der Waals surface area contributed by atoms with Crippen LogP contribution in [0.15, 0.2) is 27.8 Å². The molecule has 3 saturated carbocycles. The van der Waals surface area contributed by atoms with Crippen molar-refractivity contribution in [1.29, 1.82) is 0 Å². The van der Waals surface area contributed by atoms with Gasteiger partial charge >= 0.3 is 0 Å². The first-order valence-electron chi connectivity index (χ1n) is 12.0. The molecule has 3 aliphatic carbocycles. The number of amides is 4. The minimum absolute atomic E-state index is 0.149.